The van der Waals surface area contributed by atoms with E-state index in [0.29, 0.717) is 11.5 Å². The Kier molecular flexibility index (Phi) is 0.953. The average molecular weight is 164 g/mol. The van der Waals surface area contributed by atoms with Gasteiger partial charge < -0.3 is 4.74 Å². The normalized spacial score (nSPS) is 37.7. The van der Waals surface area contributed by atoms with Crippen LogP contribution < -0.4 is 0 Å². The Morgan fingerprint density at radius 2 is 2.17 bits per heavy atom. The molecule has 0 radical (unpaired) electrons. The molecule has 62 valence electrons. The van der Waals surface area contributed by atoms with Gasteiger partial charge in [0.1, 0.15) is 0 Å². The second-order valence-corrected chi connectivity index (χ2v) is 3.71. The number of esters is 2. The Bertz CT molecular complexity index is 327. The zero-order valence-corrected chi connectivity index (χ0v) is 6.50. The summed E-state index contributed by atoms with van der Waals surface area (Å²) in [7, 11) is 0. The van der Waals surface area contributed by atoms with Crippen LogP contribution in [0.3, 0.4) is 0 Å². The molecule has 1 saturated heterocycles. The van der Waals surface area contributed by atoms with Crippen LogP contribution in [0.5, 0.6) is 0 Å². The van der Waals surface area contributed by atoms with Gasteiger partial charge in [-0.1, -0.05) is 5.57 Å². The highest BCUT2D eigenvalue weighted by molar-refractivity contribution is 6.09. The summed E-state index contributed by atoms with van der Waals surface area (Å²) in [5.74, 6) is -0.480. The fraction of sp³-hybridized carbons (Fsp3) is 0.556. The predicted octanol–water partition coefficient (Wildman–Crippen LogP) is 0.796. The zero-order chi connectivity index (χ0) is 8.29. The molecule has 3 heteroatoms. The molecule has 12 heavy (non-hydrogen) atoms. The van der Waals surface area contributed by atoms with Crippen molar-refractivity contribution in [3.8, 4) is 0 Å². The molecule has 0 N–H and O–H groups in total. The molecule has 1 saturated carbocycles. The standard InChI is InChI=1S/C9H8O3/c10-8-6-4-1-2-5(3-4)7(6)9(11)12-8/h4,6H,1-3H2. The zero-order valence-electron chi connectivity index (χ0n) is 6.50. The Morgan fingerprint density at radius 3 is 2.92 bits per heavy atom. The van der Waals surface area contributed by atoms with E-state index in [4.69, 9.17) is 0 Å². The molecule has 0 spiro atoms. The van der Waals surface area contributed by atoms with Crippen molar-refractivity contribution in [2.45, 2.75) is 19.3 Å². The monoisotopic (exact) mass is 164 g/mol. The maximum Gasteiger partial charge on any atom is 0.342 e. The maximum atomic E-state index is 11.2. The molecule has 3 rings (SSSR count). The summed E-state index contributed by atoms with van der Waals surface area (Å²) >= 11 is 0. The number of allylic oxidation sites excluding steroid dienone is 1. The van der Waals surface area contributed by atoms with Gasteiger partial charge in [-0.05, 0) is 25.2 Å². The van der Waals surface area contributed by atoms with Crippen molar-refractivity contribution in [1.82, 2.24) is 0 Å². The summed E-state index contributed by atoms with van der Waals surface area (Å²) in [6.45, 7) is 0. The quantitative estimate of drug-likeness (QED) is 0.393. The Labute approximate surface area is 69.4 Å². The molecule has 0 amide bonds. The van der Waals surface area contributed by atoms with E-state index in [1.54, 1.807) is 0 Å². The highest BCUT2D eigenvalue weighted by atomic mass is 16.6. The molecular weight excluding hydrogens is 156 g/mol. The number of ether oxygens (including phenoxy) is 1. The number of fused-ring (bicyclic) bond motifs is 4. The van der Waals surface area contributed by atoms with E-state index in [2.05, 4.69) is 4.74 Å². The molecule has 0 aromatic carbocycles. The minimum atomic E-state index is -0.373. The molecule has 0 aromatic heterocycles. The van der Waals surface area contributed by atoms with E-state index in [9.17, 15) is 9.59 Å². The average Bonchev–Trinajstić information content (AvgIpc) is 2.64. The first-order valence-corrected chi connectivity index (χ1v) is 4.25. The second-order valence-electron chi connectivity index (χ2n) is 3.71. The van der Waals surface area contributed by atoms with Crippen LogP contribution in [-0.2, 0) is 14.3 Å². The van der Waals surface area contributed by atoms with Crippen molar-refractivity contribution in [1.29, 1.82) is 0 Å². The van der Waals surface area contributed by atoms with Gasteiger partial charge in [0, 0.05) is 0 Å². The lowest BCUT2D eigenvalue weighted by Crippen LogP contribution is -2.16. The number of hydrogen-bond donors (Lipinski definition) is 0. The van der Waals surface area contributed by atoms with Gasteiger partial charge in [-0.2, -0.15) is 0 Å². The first-order valence-electron chi connectivity index (χ1n) is 4.25. The fourth-order valence-electron chi connectivity index (χ4n) is 2.66. The lowest BCUT2D eigenvalue weighted by molar-refractivity contribution is -0.153. The predicted molar refractivity (Wildman–Crippen MR) is 39.0 cm³/mol. The molecule has 2 aliphatic carbocycles. The first-order chi connectivity index (χ1) is 5.77. The summed E-state index contributed by atoms with van der Waals surface area (Å²) in [4.78, 5) is 22.3. The molecule has 2 atom stereocenters. The summed E-state index contributed by atoms with van der Waals surface area (Å²) in [5.41, 5.74) is 1.89. The smallest absolute Gasteiger partial charge is 0.342 e. The van der Waals surface area contributed by atoms with Gasteiger partial charge in [0.05, 0.1) is 11.5 Å². The van der Waals surface area contributed by atoms with E-state index in [1.807, 2.05) is 0 Å². The molecule has 2 bridgehead atoms. The number of hydrogen-bond acceptors (Lipinski definition) is 3. The van der Waals surface area contributed by atoms with Crippen molar-refractivity contribution < 1.29 is 14.3 Å². The Morgan fingerprint density at radius 1 is 1.33 bits per heavy atom. The van der Waals surface area contributed by atoms with Gasteiger partial charge in [0.2, 0.25) is 0 Å². The van der Waals surface area contributed by atoms with Crippen LogP contribution >= 0.6 is 0 Å². The van der Waals surface area contributed by atoms with Gasteiger partial charge in [0.25, 0.3) is 0 Å². The molecule has 0 aromatic rings. The van der Waals surface area contributed by atoms with E-state index < -0.39 is 0 Å². The van der Waals surface area contributed by atoms with E-state index in [0.717, 1.165) is 19.3 Å². The Hall–Kier alpha value is -1.12. The molecule has 3 nitrogen and oxygen atoms in total. The number of cyclic esters (lactones) is 2. The summed E-state index contributed by atoms with van der Waals surface area (Å²) in [6.07, 6.45) is 3.02. The third-order valence-electron chi connectivity index (χ3n) is 3.16. The third kappa shape index (κ3) is 0.543. The minimum absolute atomic E-state index is 0.179. The van der Waals surface area contributed by atoms with Crippen LogP contribution in [0.2, 0.25) is 0 Å². The topological polar surface area (TPSA) is 43.4 Å². The van der Waals surface area contributed by atoms with Crippen LogP contribution in [-0.4, -0.2) is 11.9 Å². The highest BCUT2D eigenvalue weighted by Crippen LogP contribution is 2.51. The van der Waals surface area contributed by atoms with Crippen molar-refractivity contribution in [3.63, 3.8) is 0 Å². The van der Waals surface area contributed by atoms with Gasteiger partial charge >= 0.3 is 11.9 Å². The van der Waals surface area contributed by atoms with E-state index >= 15 is 0 Å². The van der Waals surface area contributed by atoms with Crippen molar-refractivity contribution >= 4 is 11.9 Å². The minimum Gasteiger partial charge on any atom is -0.389 e. The Balaban J connectivity index is 2.18. The third-order valence-corrected chi connectivity index (χ3v) is 3.16. The van der Waals surface area contributed by atoms with Crippen LogP contribution in [0.4, 0.5) is 0 Å². The van der Waals surface area contributed by atoms with Gasteiger partial charge in [0.15, 0.2) is 0 Å². The first kappa shape index (κ1) is 6.40. The van der Waals surface area contributed by atoms with Crippen molar-refractivity contribution in [2.24, 2.45) is 11.8 Å². The number of carbonyl (C=O) groups is 2. The lowest BCUT2D eigenvalue weighted by Gasteiger charge is -2.10. The van der Waals surface area contributed by atoms with Gasteiger partial charge in [-0.3, -0.25) is 4.79 Å². The van der Waals surface area contributed by atoms with Crippen molar-refractivity contribution in [2.75, 3.05) is 0 Å². The SMILES string of the molecule is O=C1OC(=O)C2C1=C1CCC2C1. The summed E-state index contributed by atoms with van der Waals surface area (Å²) < 4.78 is 4.57. The van der Waals surface area contributed by atoms with Crippen LogP contribution in [0.25, 0.3) is 0 Å². The second kappa shape index (κ2) is 1.79. The maximum absolute atomic E-state index is 11.2. The van der Waals surface area contributed by atoms with E-state index in [1.165, 1.54) is 5.57 Å². The molecule has 2 fully saturated rings. The highest BCUT2D eigenvalue weighted by Gasteiger charge is 2.52. The van der Waals surface area contributed by atoms with Crippen molar-refractivity contribution in [3.05, 3.63) is 11.1 Å². The largest absolute Gasteiger partial charge is 0.389 e. The summed E-state index contributed by atoms with van der Waals surface area (Å²) in [5, 5.41) is 0. The van der Waals surface area contributed by atoms with Gasteiger partial charge in [-0.15, -0.1) is 0 Å². The van der Waals surface area contributed by atoms with Crippen LogP contribution in [0, 0.1) is 11.8 Å². The fourth-order valence-corrected chi connectivity index (χ4v) is 2.66. The molecule has 3 aliphatic rings. The van der Waals surface area contributed by atoms with Crippen LogP contribution in [0.15, 0.2) is 11.1 Å². The summed E-state index contributed by atoms with van der Waals surface area (Å²) in [6, 6.07) is 0. The lowest BCUT2D eigenvalue weighted by atomic mass is 9.88. The molecule has 1 aliphatic heterocycles. The molecule has 1 heterocycles. The number of rotatable bonds is 0. The molecular formula is C9H8O3. The van der Waals surface area contributed by atoms with Gasteiger partial charge in [-0.25, -0.2) is 4.79 Å². The van der Waals surface area contributed by atoms with E-state index in [-0.39, 0.29) is 17.9 Å². The molecule has 2 unspecified atom stereocenters. The van der Waals surface area contributed by atoms with Crippen LogP contribution in [0.1, 0.15) is 19.3 Å². The number of carbonyl (C=O) groups excluding carboxylic acids is 2.